The summed E-state index contributed by atoms with van der Waals surface area (Å²) in [6.07, 6.45) is 13.4. The van der Waals surface area contributed by atoms with Crippen LogP contribution in [0.4, 0.5) is 0 Å². The molecule has 0 amide bonds. The molecule has 0 saturated carbocycles. The number of hydrogen-bond acceptors (Lipinski definition) is 1. The monoisotopic (exact) mass is 648 g/mol. The van der Waals surface area contributed by atoms with Crippen molar-refractivity contribution < 1.29 is 4.42 Å². The standard InChI is InChI=1S/C50H32O/c1-3-12-34-27-38(19-17-31(34)9-1)48-41-15-7-8-16-42(41)49(39-20-18-32-10-2-4-13-35(32)28-39)44-29-36(21-24-43(44)48)37-23-25-46-45(30-37)50-40-14-6-5-11-33(40)22-26-47(50)51-46/h1-30,33,40H. The fourth-order valence-electron chi connectivity index (χ4n) is 8.75. The number of allylic oxidation sites excluding steroid dienone is 5. The molecule has 8 aromatic carbocycles. The molecule has 0 aliphatic heterocycles. The Morgan fingerprint density at radius 1 is 0.392 bits per heavy atom. The largest absolute Gasteiger partial charge is 0.456 e. The number of fused-ring (bicyclic) bond motifs is 9. The van der Waals surface area contributed by atoms with Crippen LogP contribution in [-0.2, 0) is 0 Å². The maximum Gasteiger partial charge on any atom is 0.135 e. The first kappa shape index (κ1) is 28.4. The fraction of sp³-hybridized carbons (Fsp3) is 0.0400. The van der Waals surface area contributed by atoms with Crippen molar-refractivity contribution in [2.24, 2.45) is 5.92 Å². The Labute approximate surface area is 296 Å². The number of rotatable bonds is 3. The second-order valence-electron chi connectivity index (χ2n) is 14.0. The summed E-state index contributed by atoms with van der Waals surface area (Å²) in [5, 5.41) is 11.2. The summed E-state index contributed by atoms with van der Waals surface area (Å²) in [6, 6.07) is 53.9. The molecular weight excluding hydrogens is 617 g/mol. The predicted molar refractivity (Wildman–Crippen MR) is 216 cm³/mol. The van der Waals surface area contributed by atoms with Gasteiger partial charge in [0.15, 0.2) is 0 Å². The van der Waals surface area contributed by atoms with Crippen LogP contribution in [0.1, 0.15) is 17.2 Å². The van der Waals surface area contributed by atoms with Crippen LogP contribution in [0.2, 0.25) is 0 Å². The molecule has 0 radical (unpaired) electrons. The minimum atomic E-state index is 0.290. The van der Waals surface area contributed by atoms with E-state index in [0.717, 1.165) is 11.3 Å². The van der Waals surface area contributed by atoms with Gasteiger partial charge in [0, 0.05) is 22.8 Å². The molecule has 2 unspecified atom stereocenters. The minimum absolute atomic E-state index is 0.290. The minimum Gasteiger partial charge on any atom is -0.456 e. The van der Waals surface area contributed by atoms with Gasteiger partial charge in [-0.3, -0.25) is 0 Å². The third-order valence-corrected chi connectivity index (χ3v) is 11.2. The van der Waals surface area contributed by atoms with Gasteiger partial charge in [-0.1, -0.05) is 146 Å². The van der Waals surface area contributed by atoms with E-state index in [-0.39, 0.29) is 0 Å². The van der Waals surface area contributed by atoms with Crippen molar-refractivity contribution in [3.05, 3.63) is 187 Å². The van der Waals surface area contributed by atoms with E-state index in [0.29, 0.717) is 11.8 Å². The van der Waals surface area contributed by atoms with E-state index in [2.05, 4.69) is 182 Å². The molecule has 0 spiro atoms. The summed E-state index contributed by atoms with van der Waals surface area (Å²) in [4.78, 5) is 0. The molecule has 0 N–H and O–H groups in total. The highest BCUT2D eigenvalue weighted by Crippen LogP contribution is 2.47. The van der Waals surface area contributed by atoms with Crippen molar-refractivity contribution in [2.75, 3.05) is 0 Å². The van der Waals surface area contributed by atoms with E-state index >= 15 is 0 Å². The third-order valence-electron chi connectivity index (χ3n) is 11.2. The first-order valence-electron chi connectivity index (χ1n) is 17.8. The van der Waals surface area contributed by atoms with Crippen molar-refractivity contribution in [3.63, 3.8) is 0 Å². The van der Waals surface area contributed by atoms with E-state index in [1.807, 2.05) is 0 Å². The smallest absolute Gasteiger partial charge is 0.135 e. The molecule has 1 heteroatoms. The quantitative estimate of drug-likeness (QED) is 0.174. The summed E-state index contributed by atoms with van der Waals surface area (Å²) >= 11 is 0. The lowest BCUT2D eigenvalue weighted by atomic mass is 9.78. The van der Waals surface area contributed by atoms with Crippen molar-refractivity contribution in [3.8, 4) is 33.4 Å². The maximum atomic E-state index is 6.41. The van der Waals surface area contributed by atoms with E-state index in [1.54, 1.807) is 0 Å². The third kappa shape index (κ3) is 4.41. The Balaban J connectivity index is 1.19. The Morgan fingerprint density at radius 3 is 1.65 bits per heavy atom. The second-order valence-corrected chi connectivity index (χ2v) is 14.0. The molecule has 1 aromatic heterocycles. The van der Waals surface area contributed by atoms with E-state index in [4.69, 9.17) is 4.42 Å². The molecule has 1 nitrogen and oxygen atoms in total. The molecule has 0 bridgehead atoms. The molecule has 11 rings (SSSR count). The van der Waals surface area contributed by atoms with Gasteiger partial charge in [-0.15, -0.1) is 0 Å². The van der Waals surface area contributed by atoms with E-state index in [1.165, 1.54) is 87.4 Å². The Kier molecular flexibility index (Phi) is 6.15. The van der Waals surface area contributed by atoms with Gasteiger partial charge in [0.1, 0.15) is 11.3 Å². The first-order valence-corrected chi connectivity index (χ1v) is 17.8. The van der Waals surface area contributed by atoms with Crippen molar-refractivity contribution in [2.45, 2.75) is 5.92 Å². The average molecular weight is 649 g/mol. The van der Waals surface area contributed by atoms with Gasteiger partial charge < -0.3 is 4.42 Å². The molecule has 0 fully saturated rings. The van der Waals surface area contributed by atoms with Gasteiger partial charge in [0.2, 0.25) is 0 Å². The van der Waals surface area contributed by atoms with Crippen molar-refractivity contribution in [1.29, 1.82) is 0 Å². The zero-order chi connectivity index (χ0) is 33.5. The molecule has 51 heavy (non-hydrogen) atoms. The predicted octanol–water partition coefficient (Wildman–Crippen LogP) is 13.9. The lowest BCUT2D eigenvalue weighted by Gasteiger charge is -2.24. The summed E-state index contributed by atoms with van der Waals surface area (Å²) < 4.78 is 6.41. The Morgan fingerprint density at radius 2 is 0.941 bits per heavy atom. The molecule has 2 aliphatic carbocycles. The van der Waals surface area contributed by atoms with Gasteiger partial charge in [-0.25, -0.2) is 0 Å². The molecular formula is C50H32O. The maximum absolute atomic E-state index is 6.41. The van der Waals surface area contributed by atoms with Gasteiger partial charge >= 0.3 is 0 Å². The highest BCUT2D eigenvalue weighted by molar-refractivity contribution is 6.22. The molecule has 238 valence electrons. The number of benzene rings is 8. The first-order chi connectivity index (χ1) is 25.3. The van der Waals surface area contributed by atoms with Crippen LogP contribution in [0, 0.1) is 5.92 Å². The lowest BCUT2D eigenvalue weighted by molar-refractivity contribution is 0.578. The van der Waals surface area contributed by atoms with E-state index < -0.39 is 0 Å². The van der Waals surface area contributed by atoms with Crippen LogP contribution in [-0.4, -0.2) is 0 Å². The van der Waals surface area contributed by atoms with Crippen LogP contribution in [0.25, 0.3) is 93.5 Å². The molecule has 1 heterocycles. The summed E-state index contributed by atoms with van der Waals surface area (Å²) in [5.41, 5.74) is 9.63. The van der Waals surface area contributed by atoms with Crippen LogP contribution in [0.3, 0.4) is 0 Å². The summed E-state index contributed by atoms with van der Waals surface area (Å²) in [7, 11) is 0. The highest BCUT2D eigenvalue weighted by atomic mass is 16.3. The Hall–Kier alpha value is -6.44. The van der Waals surface area contributed by atoms with Crippen molar-refractivity contribution >= 4 is 60.1 Å². The van der Waals surface area contributed by atoms with Gasteiger partial charge in [0.05, 0.1) is 0 Å². The number of hydrogen-bond donors (Lipinski definition) is 0. The van der Waals surface area contributed by atoms with Gasteiger partial charge in [-0.2, -0.15) is 0 Å². The Bertz CT molecular complexity index is 2980. The van der Waals surface area contributed by atoms with Gasteiger partial charge in [0.25, 0.3) is 0 Å². The molecule has 2 atom stereocenters. The van der Waals surface area contributed by atoms with Crippen LogP contribution < -0.4 is 0 Å². The zero-order valence-electron chi connectivity index (χ0n) is 27.9. The van der Waals surface area contributed by atoms with Gasteiger partial charge in [-0.05, 0) is 113 Å². The lowest BCUT2D eigenvalue weighted by Crippen LogP contribution is -2.12. The zero-order valence-corrected chi connectivity index (χ0v) is 27.9. The second kappa shape index (κ2) is 11.0. The fourth-order valence-corrected chi connectivity index (χ4v) is 8.75. The van der Waals surface area contributed by atoms with Crippen molar-refractivity contribution in [1.82, 2.24) is 0 Å². The normalized spacial score (nSPS) is 16.4. The average Bonchev–Trinajstić information content (AvgIpc) is 3.58. The molecule has 0 saturated heterocycles. The van der Waals surface area contributed by atoms with E-state index in [9.17, 15) is 0 Å². The summed E-state index contributed by atoms with van der Waals surface area (Å²) in [6.45, 7) is 0. The highest BCUT2D eigenvalue weighted by Gasteiger charge is 2.29. The van der Waals surface area contributed by atoms with Crippen LogP contribution in [0.15, 0.2) is 180 Å². The van der Waals surface area contributed by atoms with Crippen LogP contribution >= 0.6 is 0 Å². The number of furan rings is 1. The SMILES string of the molecule is C1=CC2C=Cc3oc4ccc(-c5ccc6c(-c7ccc8ccccc8c7)c7ccccc7c(-c7ccc8ccccc8c7)c6c5)cc4c3C2C=C1. The molecule has 2 aliphatic rings. The molecule has 9 aromatic rings. The van der Waals surface area contributed by atoms with Crippen LogP contribution in [0.5, 0.6) is 0 Å². The summed E-state index contributed by atoms with van der Waals surface area (Å²) in [5.74, 6) is 1.63. The topological polar surface area (TPSA) is 13.1 Å².